The monoisotopic (exact) mass is 696 g/mol. The number of hydrogen-bond acceptors (Lipinski definition) is 3. The Labute approximate surface area is 296 Å². The normalized spacial score (nSPS) is 21.5. The Morgan fingerprint density at radius 2 is 1.38 bits per heavy atom. The molecule has 0 aromatic heterocycles. The van der Waals surface area contributed by atoms with Crippen LogP contribution >= 0.6 is 35.6 Å². The molecule has 0 bridgehead atoms. The Morgan fingerprint density at radius 1 is 0.723 bits per heavy atom. The highest BCUT2D eigenvalue weighted by Gasteiger charge is 2.42. The van der Waals surface area contributed by atoms with Gasteiger partial charge in [0, 0.05) is 50.2 Å². The molecule has 3 aromatic rings. The standard InChI is InChI=1S/C38H46Cl2N4O2.ClH/c39-33-18-10-17-32(34(33)40)37(20-12-26-44(29-37)35(45)30-13-4-1-5-14-30)19-11-23-42-27-21-38(22-28-42,31-15-6-2-7-16-31)41-36(46)43-24-8-3-9-25-43;/h1-2,4-7,10,13-18H,3,8-9,11-12,19-29H2,(H,41,46);1H. The molecule has 1 N–H and O–H groups in total. The first kappa shape index (κ1) is 35.5. The minimum absolute atomic E-state index is 0. The fourth-order valence-corrected chi connectivity index (χ4v) is 8.46. The molecule has 1 unspecified atom stereocenters. The fourth-order valence-electron chi connectivity index (χ4n) is 7.96. The van der Waals surface area contributed by atoms with Crippen LogP contribution in [0, 0.1) is 0 Å². The van der Waals surface area contributed by atoms with Gasteiger partial charge in [-0.25, -0.2) is 4.79 Å². The van der Waals surface area contributed by atoms with Gasteiger partial charge in [0.1, 0.15) is 0 Å². The minimum atomic E-state index is -0.358. The average molecular weight is 698 g/mol. The molecule has 3 aliphatic heterocycles. The first-order valence-corrected chi connectivity index (χ1v) is 17.8. The zero-order chi connectivity index (χ0) is 32.0. The Hall–Kier alpha value is -2.77. The molecule has 6 rings (SSSR count). The van der Waals surface area contributed by atoms with Crippen molar-refractivity contribution in [2.24, 2.45) is 0 Å². The Balaban J connectivity index is 0.00000433. The Kier molecular flexibility index (Phi) is 12.2. The third-order valence-corrected chi connectivity index (χ3v) is 11.4. The lowest BCUT2D eigenvalue weighted by Crippen LogP contribution is -2.56. The van der Waals surface area contributed by atoms with Gasteiger partial charge in [-0.1, -0.05) is 83.9 Å². The molecule has 6 nitrogen and oxygen atoms in total. The zero-order valence-corrected chi connectivity index (χ0v) is 29.5. The van der Waals surface area contributed by atoms with Crippen LogP contribution in [0.5, 0.6) is 0 Å². The summed E-state index contributed by atoms with van der Waals surface area (Å²) >= 11 is 13.4. The third-order valence-electron chi connectivity index (χ3n) is 10.6. The van der Waals surface area contributed by atoms with E-state index in [0.717, 1.165) is 102 Å². The maximum Gasteiger partial charge on any atom is 0.318 e. The van der Waals surface area contributed by atoms with E-state index >= 15 is 0 Å². The number of carbonyl (C=O) groups excluding carboxylic acids is 2. The van der Waals surface area contributed by atoms with Crippen molar-refractivity contribution in [2.75, 3.05) is 45.8 Å². The van der Waals surface area contributed by atoms with Crippen molar-refractivity contribution in [3.63, 3.8) is 0 Å². The van der Waals surface area contributed by atoms with Crippen LogP contribution in [0.1, 0.15) is 79.3 Å². The second-order valence-electron chi connectivity index (χ2n) is 13.4. The smallest absolute Gasteiger partial charge is 0.318 e. The number of likely N-dealkylation sites (tertiary alicyclic amines) is 3. The van der Waals surface area contributed by atoms with Crippen LogP contribution in [0.25, 0.3) is 0 Å². The Morgan fingerprint density at radius 3 is 2.09 bits per heavy atom. The van der Waals surface area contributed by atoms with Crippen LogP contribution < -0.4 is 5.32 Å². The predicted octanol–water partition coefficient (Wildman–Crippen LogP) is 8.56. The molecular formula is C38H47Cl3N4O2. The van der Waals surface area contributed by atoms with Crippen LogP contribution in [0.2, 0.25) is 10.0 Å². The van der Waals surface area contributed by atoms with Gasteiger partial charge in [0.25, 0.3) is 5.91 Å². The molecule has 3 amide bonds. The summed E-state index contributed by atoms with van der Waals surface area (Å²) in [6.45, 7) is 5.84. The lowest BCUT2D eigenvalue weighted by atomic mass is 9.70. The van der Waals surface area contributed by atoms with Gasteiger partial charge >= 0.3 is 6.03 Å². The summed E-state index contributed by atoms with van der Waals surface area (Å²) in [4.78, 5) is 33.5. The van der Waals surface area contributed by atoms with E-state index in [4.69, 9.17) is 23.2 Å². The van der Waals surface area contributed by atoms with Crippen LogP contribution in [0.3, 0.4) is 0 Å². The zero-order valence-electron chi connectivity index (χ0n) is 27.1. The molecule has 0 radical (unpaired) electrons. The minimum Gasteiger partial charge on any atom is -0.338 e. The van der Waals surface area contributed by atoms with Crippen molar-refractivity contribution < 1.29 is 9.59 Å². The molecule has 252 valence electrons. The number of piperidine rings is 3. The molecule has 3 heterocycles. The Bertz CT molecular complexity index is 1480. The molecular weight excluding hydrogens is 651 g/mol. The van der Waals surface area contributed by atoms with Gasteiger partial charge in [-0.2, -0.15) is 0 Å². The summed E-state index contributed by atoms with van der Waals surface area (Å²) < 4.78 is 0. The van der Waals surface area contributed by atoms with Crippen molar-refractivity contribution in [2.45, 2.75) is 68.7 Å². The van der Waals surface area contributed by atoms with Crippen molar-refractivity contribution in [3.8, 4) is 0 Å². The van der Waals surface area contributed by atoms with E-state index in [0.29, 0.717) is 16.6 Å². The second-order valence-corrected chi connectivity index (χ2v) is 14.2. The van der Waals surface area contributed by atoms with Gasteiger partial charge < -0.3 is 20.0 Å². The summed E-state index contributed by atoms with van der Waals surface area (Å²) in [6.07, 6.45) is 8.90. The van der Waals surface area contributed by atoms with Gasteiger partial charge in [-0.15, -0.1) is 12.4 Å². The third kappa shape index (κ3) is 8.10. The van der Waals surface area contributed by atoms with Gasteiger partial charge in [0.15, 0.2) is 0 Å². The van der Waals surface area contributed by atoms with E-state index in [9.17, 15) is 9.59 Å². The number of rotatable bonds is 8. The number of carbonyl (C=O) groups is 2. The lowest BCUT2D eigenvalue weighted by molar-refractivity contribution is 0.0616. The summed E-state index contributed by atoms with van der Waals surface area (Å²) in [7, 11) is 0. The molecule has 9 heteroatoms. The van der Waals surface area contributed by atoms with E-state index < -0.39 is 0 Å². The largest absolute Gasteiger partial charge is 0.338 e. The van der Waals surface area contributed by atoms with E-state index in [2.05, 4.69) is 40.5 Å². The SMILES string of the molecule is Cl.O=C(NC1(c2ccccc2)CCN(CCCC2(c3cccc(Cl)c3Cl)CCCN(C(=O)c3ccccc3)C2)CC1)N1CCCCC1. The van der Waals surface area contributed by atoms with Crippen LogP contribution in [0.15, 0.2) is 78.9 Å². The summed E-state index contributed by atoms with van der Waals surface area (Å²) in [6, 6.07) is 26.1. The number of amides is 3. The van der Waals surface area contributed by atoms with Gasteiger partial charge in [0.2, 0.25) is 0 Å². The molecule has 1 atom stereocenters. The average Bonchev–Trinajstić information content (AvgIpc) is 3.11. The molecule has 0 spiro atoms. The first-order valence-electron chi connectivity index (χ1n) is 17.0. The number of urea groups is 1. The van der Waals surface area contributed by atoms with Crippen molar-refractivity contribution >= 4 is 47.5 Å². The molecule has 0 aliphatic carbocycles. The number of hydrogen-bond donors (Lipinski definition) is 1. The van der Waals surface area contributed by atoms with Crippen molar-refractivity contribution in [3.05, 3.63) is 106 Å². The molecule has 3 aromatic carbocycles. The van der Waals surface area contributed by atoms with E-state index in [1.807, 2.05) is 58.3 Å². The molecule has 3 saturated heterocycles. The van der Waals surface area contributed by atoms with E-state index in [1.165, 1.54) is 12.0 Å². The quantitative estimate of drug-likeness (QED) is 0.257. The number of halogens is 3. The molecule has 3 aliphatic rings. The number of nitrogens with one attached hydrogen (secondary N) is 1. The second kappa shape index (κ2) is 16.1. The number of benzene rings is 3. The molecule has 0 saturated carbocycles. The first-order chi connectivity index (χ1) is 22.4. The topological polar surface area (TPSA) is 55.9 Å². The highest BCUT2D eigenvalue weighted by molar-refractivity contribution is 6.42. The van der Waals surface area contributed by atoms with Crippen LogP contribution in [0.4, 0.5) is 4.79 Å². The maximum atomic E-state index is 13.6. The van der Waals surface area contributed by atoms with Crippen LogP contribution in [-0.4, -0.2) is 72.5 Å². The fraction of sp³-hybridized carbons (Fsp3) is 0.474. The van der Waals surface area contributed by atoms with Crippen molar-refractivity contribution in [1.29, 1.82) is 0 Å². The van der Waals surface area contributed by atoms with Gasteiger partial charge in [0.05, 0.1) is 15.6 Å². The highest BCUT2D eigenvalue weighted by atomic mass is 35.5. The lowest BCUT2D eigenvalue weighted by Gasteiger charge is -2.45. The van der Waals surface area contributed by atoms with Gasteiger partial charge in [-0.3, -0.25) is 4.79 Å². The van der Waals surface area contributed by atoms with Gasteiger partial charge in [-0.05, 0) is 93.7 Å². The molecule has 3 fully saturated rings. The van der Waals surface area contributed by atoms with E-state index in [-0.39, 0.29) is 35.3 Å². The van der Waals surface area contributed by atoms with Crippen LogP contribution in [-0.2, 0) is 11.0 Å². The van der Waals surface area contributed by atoms with Crippen molar-refractivity contribution in [1.82, 2.24) is 20.0 Å². The van der Waals surface area contributed by atoms with E-state index in [1.54, 1.807) is 0 Å². The maximum absolute atomic E-state index is 13.6. The highest BCUT2D eigenvalue weighted by Crippen LogP contribution is 2.44. The summed E-state index contributed by atoms with van der Waals surface area (Å²) in [5.74, 6) is 0.0720. The summed E-state index contributed by atoms with van der Waals surface area (Å²) in [5.41, 5.74) is 2.34. The predicted molar refractivity (Wildman–Crippen MR) is 194 cm³/mol. The molecule has 47 heavy (non-hydrogen) atoms. The summed E-state index contributed by atoms with van der Waals surface area (Å²) in [5, 5.41) is 4.68. The number of nitrogens with zero attached hydrogens (tertiary/aromatic N) is 3.